The first kappa shape index (κ1) is 20.6. The van der Waals surface area contributed by atoms with Gasteiger partial charge in [-0.05, 0) is 24.6 Å². The highest BCUT2D eigenvalue weighted by Gasteiger charge is 2.22. The Morgan fingerprint density at radius 2 is 1.85 bits per heavy atom. The topological polar surface area (TPSA) is 36.9 Å². The van der Waals surface area contributed by atoms with Gasteiger partial charge in [0.05, 0.1) is 0 Å². The van der Waals surface area contributed by atoms with E-state index in [1.165, 1.54) is 11.1 Å². The summed E-state index contributed by atoms with van der Waals surface area (Å²) in [4.78, 5) is 6.77. The number of benzene rings is 2. The van der Waals surface area contributed by atoms with Crippen molar-refractivity contribution in [1.29, 1.82) is 0 Å². The van der Waals surface area contributed by atoms with Gasteiger partial charge in [-0.15, -0.1) is 24.0 Å². The van der Waals surface area contributed by atoms with Gasteiger partial charge in [0, 0.05) is 39.5 Å². The van der Waals surface area contributed by atoms with Crippen LogP contribution in [0.2, 0.25) is 0 Å². The number of hydrogen-bond donors (Lipinski definition) is 1. The number of aryl methyl sites for hydroxylation is 1. The van der Waals surface area contributed by atoms with Gasteiger partial charge in [0.15, 0.2) is 5.96 Å². The highest BCUT2D eigenvalue weighted by Crippen LogP contribution is 2.18. The molecule has 2 aromatic rings. The molecule has 0 unspecified atom stereocenters. The van der Waals surface area contributed by atoms with Crippen molar-refractivity contribution in [2.24, 2.45) is 4.99 Å². The maximum absolute atomic E-state index is 6.07. The third-order valence-electron chi connectivity index (χ3n) is 4.53. The van der Waals surface area contributed by atoms with Crippen LogP contribution in [0.15, 0.2) is 59.6 Å². The van der Waals surface area contributed by atoms with E-state index in [1.54, 1.807) is 0 Å². The van der Waals surface area contributed by atoms with Gasteiger partial charge in [0.1, 0.15) is 11.9 Å². The third kappa shape index (κ3) is 5.90. The minimum atomic E-state index is 0. The van der Waals surface area contributed by atoms with Gasteiger partial charge in [0.25, 0.3) is 0 Å². The molecule has 3 rings (SSSR count). The Kier molecular flexibility index (Phi) is 8.22. The van der Waals surface area contributed by atoms with Gasteiger partial charge >= 0.3 is 0 Å². The second kappa shape index (κ2) is 10.4. The van der Waals surface area contributed by atoms with E-state index >= 15 is 0 Å². The van der Waals surface area contributed by atoms with E-state index in [9.17, 15) is 0 Å². The molecular formula is C21H28IN3O. The Labute approximate surface area is 173 Å². The normalized spacial score (nSPS) is 15.3. The second-order valence-electron chi connectivity index (χ2n) is 6.51. The number of aliphatic imine (C=N–C) groups is 1. The van der Waals surface area contributed by atoms with Crippen molar-refractivity contribution in [2.45, 2.75) is 32.4 Å². The van der Waals surface area contributed by atoms with Crippen LogP contribution in [0.5, 0.6) is 5.75 Å². The first-order chi connectivity index (χ1) is 12.2. The van der Waals surface area contributed by atoms with Crippen molar-refractivity contribution in [3.8, 4) is 5.75 Å². The minimum Gasteiger partial charge on any atom is -0.490 e. The van der Waals surface area contributed by atoms with Gasteiger partial charge in [-0.2, -0.15) is 0 Å². The Bertz CT molecular complexity index is 697. The smallest absolute Gasteiger partial charge is 0.193 e. The summed E-state index contributed by atoms with van der Waals surface area (Å²) in [5, 5.41) is 3.48. The molecule has 0 spiro atoms. The molecule has 0 bridgehead atoms. The lowest BCUT2D eigenvalue weighted by Gasteiger charge is -2.34. The maximum atomic E-state index is 6.07. The lowest BCUT2D eigenvalue weighted by molar-refractivity contribution is 0.129. The standard InChI is InChI=1S/C21H27N3O.HI/c1-17-7-6-8-18(15-17)16-23-21(22-2)24-13-11-20(12-14-24)25-19-9-4-3-5-10-19;/h3-10,15,20H,11-14,16H2,1-2H3,(H,22,23);1H. The number of nitrogens with one attached hydrogen (secondary N) is 1. The number of para-hydroxylation sites is 1. The first-order valence-corrected chi connectivity index (χ1v) is 8.97. The van der Waals surface area contributed by atoms with E-state index in [1.807, 2.05) is 37.4 Å². The van der Waals surface area contributed by atoms with E-state index in [0.29, 0.717) is 0 Å². The van der Waals surface area contributed by atoms with Gasteiger partial charge < -0.3 is 15.0 Å². The molecule has 5 heteroatoms. The Balaban J connectivity index is 0.00000243. The van der Waals surface area contributed by atoms with Crippen LogP contribution < -0.4 is 10.1 Å². The highest BCUT2D eigenvalue weighted by atomic mass is 127. The van der Waals surface area contributed by atoms with Crippen LogP contribution in [0.3, 0.4) is 0 Å². The molecule has 0 aliphatic carbocycles. The van der Waals surface area contributed by atoms with Crippen molar-refractivity contribution >= 4 is 29.9 Å². The van der Waals surface area contributed by atoms with Crippen molar-refractivity contribution in [2.75, 3.05) is 20.1 Å². The van der Waals surface area contributed by atoms with E-state index < -0.39 is 0 Å². The van der Waals surface area contributed by atoms with Gasteiger partial charge in [0.2, 0.25) is 0 Å². The molecule has 1 heterocycles. The van der Waals surface area contributed by atoms with Crippen LogP contribution in [0.25, 0.3) is 0 Å². The van der Waals surface area contributed by atoms with Crippen molar-refractivity contribution in [1.82, 2.24) is 10.2 Å². The van der Waals surface area contributed by atoms with E-state index in [0.717, 1.165) is 44.2 Å². The number of nitrogens with zero attached hydrogens (tertiary/aromatic N) is 2. The Hall–Kier alpha value is -1.76. The fraction of sp³-hybridized carbons (Fsp3) is 0.381. The summed E-state index contributed by atoms with van der Waals surface area (Å²) in [5.41, 5.74) is 2.57. The summed E-state index contributed by atoms with van der Waals surface area (Å²) in [6.45, 7) is 4.85. The number of rotatable bonds is 4. The molecule has 1 aliphatic rings. The zero-order valence-electron chi connectivity index (χ0n) is 15.5. The molecule has 2 aromatic carbocycles. The minimum absolute atomic E-state index is 0. The summed E-state index contributed by atoms with van der Waals surface area (Å²) >= 11 is 0. The summed E-state index contributed by atoms with van der Waals surface area (Å²) < 4.78 is 6.07. The fourth-order valence-electron chi connectivity index (χ4n) is 3.21. The predicted molar refractivity (Wildman–Crippen MR) is 118 cm³/mol. The first-order valence-electron chi connectivity index (χ1n) is 8.97. The molecule has 0 amide bonds. The number of guanidine groups is 1. The zero-order valence-corrected chi connectivity index (χ0v) is 17.9. The number of likely N-dealkylation sites (tertiary alicyclic amines) is 1. The number of halogens is 1. The molecule has 26 heavy (non-hydrogen) atoms. The Morgan fingerprint density at radius 3 is 2.50 bits per heavy atom. The van der Waals surface area contributed by atoms with Gasteiger partial charge in [-0.3, -0.25) is 4.99 Å². The fourth-order valence-corrected chi connectivity index (χ4v) is 3.21. The summed E-state index contributed by atoms with van der Waals surface area (Å²) in [5.74, 6) is 1.93. The van der Waals surface area contributed by atoms with Crippen LogP contribution >= 0.6 is 24.0 Å². The SMILES string of the molecule is CN=C(NCc1cccc(C)c1)N1CCC(Oc2ccccc2)CC1.I. The second-order valence-corrected chi connectivity index (χ2v) is 6.51. The van der Waals surface area contributed by atoms with E-state index in [4.69, 9.17) is 4.74 Å². The molecule has 1 saturated heterocycles. The van der Waals surface area contributed by atoms with Crippen molar-refractivity contribution < 1.29 is 4.74 Å². The summed E-state index contributed by atoms with van der Waals surface area (Å²) in [7, 11) is 1.85. The third-order valence-corrected chi connectivity index (χ3v) is 4.53. The summed E-state index contributed by atoms with van der Waals surface area (Å²) in [6, 6.07) is 18.7. The highest BCUT2D eigenvalue weighted by molar-refractivity contribution is 14.0. The number of ether oxygens (including phenoxy) is 1. The average Bonchev–Trinajstić information content (AvgIpc) is 2.64. The maximum Gasteiger partial charge on any atom is 0.193 e. The lowest BCUT2D eigenvalue weighted by atomic mass is 10.1. The van der Waals surface area contributed by atoms with Crippen LogP contribution in [0.1, 0.15) is 24.0 Å². The molecule has 0 aromatic heterocycles. The van der Waals surface area contributed by atoms with E-state index in [-0.39, 0.29) is 30.1 Å². The molecular weight excluding hydrogens is 437 g/mol. The Morgan fingerprint density at radius 1 is 1.12 bits per heavy atom. The van der Waals surface area contributed by atoms with Crippen LogP contribution in [0, 0.1) is 6.92 Å². The molecule has 140 valence electrons. The molecule has 0 radical (unpaired) electrons. The molecule has 1 fully saturated rings. The van der Waals surface area contributed by atoms with Crippen LogP contribution in [-0.4, -0.2) is 37.1 Å². The van der Waals surface area contributed by atoms with Crippen molar-refractivity contribution in [3.63, 3.8) is 0 Å². The number of piperidine rings is 1. The largest absolute Gasteiger partial charge is 0.490 e. The average molecular weight is 465 g/mol. The van der Waals surface area contributed by atoms with E-state index in [2.05, 4.69) is 46.4 Å². The van der Waals surface area contributed by atoms with Crippen LogP contribution in [0.4, 0.5) is 0 Å². The molecule has 1 aliphatic heterocycles. The molecule has 0 atom stereocenters. The zero-order chi connectivity index (χ0) is 17.5. The quantitative estimate of drug-likeness (QED) is 0.417. The molecule has 0 saturated carbocycles. The van der Waals surface area contributed by atoms with Gasteiger partial charge in [-0.1, -0.05) is 48.0 Å². The number of hydrogen-bond acceptors (Lipinski definition) is 2. The van der Waals surface area contributed by atoms with Crippen LogP contribution in [-0.2, 0) is 6.54 Å². The van der Waals surface area contributed by atoms with Gasteiger partial charge in [-0.25, -0.2) is 0 Å². The molecule has 4 nitrogen and oxygen atoms in total. The monoisotopic (exact) mass is 465 g/mol. The predicted octanol–water partition coefficient (Wildman–Crippen LogP) is 4.23. The van der Waals surface area contributed by atoms with Crippen molar-refractivity contribution in [3.05, 3.63) is 65.7 Å². The summed E-state index contributed by atoms with van der Waals surface area (Å²) in [6.07, 6.45) is 2.31. The lowest BCUT2D eigenvalue weighted by Crippen LogP contribution is -2.47. The molecule has 1 N–H and O–H groups in total.